The van der Waals surface area contributed by atoms with E-state index in [9.17, 15) is 10.1 Å². The summed E-state index contributed by atoms with van der Waals surface area (Å²) in [5.74, 6) is 0. The maximum Gasteiger partial charge on any atom is 0.271 e. The zero-order chi connectivity index (χ0) is 18.0. The molecule has 0 spiro atoms. The molecule has 0 aliphatic heterocycles. The summed E-state index contributed by atoms with van der Waals surface area (Å²) in [6.45, 7) is 3.78. The topological polar surface area (TPSA) is 85.7 Å². The summed E-state index contributed by atoms with van der Waals surface area (Å²) in [5, 5.41) is 23.7. The number of aromatic nitrogens is 2. The minimum Gasteiger partial charge on any atom is -0.258 e. The first-order chi connectivity index (χ1) is 12.0. The van der Waals surface area contributed by atoms with Crippen LogP contribution in [-0.2, 0) is 0 Å². The molecule has 1 aromatic heterocycles. The summed E-state index contributed by atoms with van der Waals surface area (Å²) in [5.41, 5.74) is 3.61. The van der Waals surface area contributed by atoms with Crippen LogP contribution in [0, 0.1) is 27.5 Å². The van der Waals surface area contributed by atoms with Gasteiger partial charge in [0.2, 0.25) is 0 Å². The highest BCUT2D eigenvalue weighted by Gasteiger charge is 2.13. The van der Waals surface area contributed by atoms with Crippen LogP contribution in [0.25, 0.3) is 5.69 Å². The summed E-state index contributed by atoms with van der Waals surface area (Å²) in [7, 11) is 0. The van der Waals surface area contributed by atoms with Crippen molar-refractivity contribution in [2.45, 2.75) is 13.8 Å². The van der Waals surface area contributed by atoms with Gasteiger partial charge in [0.05, 0.1) is 27.7 Å². The zero-order valence-electron chi connectivity index (χ0n) is 13.5. The molecular weight excluding hydrogens is 433 g/mol. The van der Waals surface area contributed by atoms with Crippen molar-refractivity contribution in [1.29, 1.82) is 0 Å². The molecule has 126 valence electrons. The molecule has 8 heteroatoms. The number of nitro groups is 1. The highest BCUT2D eigenvalue weighted by Crippen LogP contribution is 2.28. The molecule has 0 aliphatic rings. The fourth-order valence-corrected chi connectivity index (χ4v) is 2.75. The van der Waals surface area contributed by atoms with Gasteiger partial charge in [0.1, 0.15) is 5.69 Å². The molecule has 0 saturated heterocycles. The first-order valence-electron chi connectivity index (χ1n) is 7.44. The van der Waals surface area contributed by atoms with Gasteiger partial charge < -0.3 is 0 Å². The van der Waals surface area contributed by atoms with Crippen LogP contribution >= 0.6 is 22.6 Å². The van der Waals surface area contributed by atoms with Crippen molar-refractivity contribution in [3.63, 3.8) is 0 Å². The monoisotopic (exact) mass is 447 g/mol. The molecule has 7 nitrogen and oxygen atoms in total. The van der Waals surface area contributed by atoms with Gasteiger partial charge in [0.15, 0.2) is 0 Å². The van der Waals surface area contributed by atoms with E-state index in [2.05, 4.69) is 37.9 Å². The van der Waals surface area contributed by atoms with E-state index in [1.807, 2.05) is 42.8 Å². The molecule has 0 fully saturated rings. The van der Waals surface area contributed by atoms with E-state index in [-0.39, 0.29) is 5.69 Å². The third-order valence-electron chi connectivity index (χ3n) is 3.63. The lowest BCUT2D eigenvalue weighted by Crippen LogP contribution is -1.98. The Balaban J connectivity index is 1.94. The van der Waals surface area contributed by atoms with Crippen LogP contribution in [0.15, 0.2) is 58.8 Å². The minimum atomic E-state index is -0.454. The second-order valence-corrected chi connectivity index (χ2v) is 6.63. The van der Waals surface area contributed by atoms with Crippen molar-refractivity contribution >= 4 is 39.7 Å². The lowest BCUT2D eigenvalue weighted by atomic mass is 10.3. The Labute approximate surface area is 157 Å². The van der Waals surface area contributed by atoms with E-state index in [0.29, 0.717) is 11.4 Å². The Kier molecular flexibility index (Phi) is 4.88. The third kappa shape index (κ3) is 3.73. The van der Waals surface area contributed by atoms with E-state index in [4.69, 9.17) is 0 Å². The van der Waals surface area contributed by atoms with E-state index >= 15 is 0 Å². The average Bonchev–Trinajstić information content (AvgIpc) is 2.88. The van der Waals surface area contributed by atoms with E-state index in [1.165, 1.54) is 12.1 Å². The quantitative estimate of drug-likeness (QED) is 0.232. The van der Waals surface area contributed by atoms with Crippen molar-refractivity contribution < 1.29 is 4.92 Å². The van der Waals surface area contributed by atoms with Gasteiger partial charge in [-0.1, -0.05) is 6.07 Å². The second kappa shape index (κ2) is 7.09. The van der Waals surface area contributed by atoms with Gasteiger partial charge in [-0.3, -0.25) is 10.1 Å². The highest BCUT2D eigenvalue weighted by molar-refractivity contribution is 14.1. The van der Waals surface area contributed by atoms with E-state index < -0.39 is 4.92 Å². The van der Waals surface area contributed by atoms with Crippen LogP contribution in [0.4, 0.5) is 17.1 Å². The molecule has 0 unspecified atom stereocenters. The Morgan fingerprint density at radius 1 is 1.12 bits per heavy atom. The summed E-state index contributed by atoms with van der Waals surface area (Å²) in [4.78, 5) is 10.4. The molecule has 0 saturated carbocycles. The smallest absolute Gasteiger partial charge is 0.258 e. The maximum atomic E-state index is 10.8. The number of hydrogen-bond acceptors (Lipinski definition) is 5. The lowest BCUT2D eigenvalue weighted by Gasteiger charge is -2.04. The summed E-state index contributed by atoms with van der Waals surface area (Å²) in [6, 6.07) is 14.1. The van der Waals surface area contributed by atoms with Gasteiger partial charge in [-0.2, -0.15) is 10.2 Å². The van der Waals surface area contributed by atoms with Crippen LogP contribution in [-0.4, -0.2) is 14.7 Å². The molecule has 0 aliphatic carbocycles. The van der Waals surface area contributed by atoms with Gasteiger partial charge >= 0.3 is 0 Å². The Morgan fingerprint density at radius 2 is 1.84 bits per heavy atom. The summed E-state index contributed by atoms with van der Waals surface area (Å²) < 4.78 is 2.96. The molecule has 0 bridgehead atoms. The second-order valence-electron chi connectivity index (χ2n) is 5.38. The molecule has 0 amide bonds. The Bertz CT molecular complexity index is 964. The van der Waals surface area contributed by atoms with Crippen molar-refractivity contribution in [2.75, 3.05) is 0 Å². The SMILES string of the molecule is Cc1nn(-c2ccc(I)cc2)c(C)c1N=Nc1cccc([N+](=O)[O-])c1. The molecule has 25 heavy (non-hydrogen) atoms. The molecule has 0 atom stereocenters. The highest BCUT2D eigenvalue weighted by atomic mass is 127. The van der Waals surface area contributed by atoms with Crippen LogP contribution in [0.2, 0.25) is 0 Å². The molecule has 0 N–H and O–H groups in total. The normalized spacial score (nSPS) is 11.2. The number of rotatable bonds is 4. The van der Waals surface area contributed by atoms with Gasteiger partial charge in [0.25, 0.3) is 5.69 Å². The third-order valence-corrected chi connectivity index (χ3v) is 4.35. The number of aryl methyl sites for hydroxylation is 1. The van der Waals surface area contributed by atoms with Gasteiger partial charge in [-0.15, -0.1) is 5.11 Å². The Morgan fingerprint density at radius 3 is 2.52 bits per heavy atom. The maximum absolute atomic E-state index is 10.8. The molecule has 2 aromatic carbocycles. The van der Waals surface area contributed by atoms with Crippen LogP contribution in [0.3, 0.4) is 0 Å². The van der Waals surface area contributed by atoms with Gasteiger partial charge in [0, 0.05) is 15.7 Å². The number of non-ortho nitro benzene ring substituents is 1. The predicted molar refractivity (Wildman–Crippen MR) is 103 cm³/mol. The number of benzene rings is 2. The first-order valence-corrected chi connectivity index (χ1v) is 8.52. The molecular formula is C17H14IN5O2. The fourth-order valence-electron chi connectivity index (χ4n) is 2.39. The van der Waals surface area contributed by atoms with Crippen LogP contribution in [0.1, 0.15) is 11.4 Å². The van der Waals surface area contributed by atoms with Crippen LogP contribution in [0.5, 0.6) is 0 Å². The average molecular weight is 447 g/mol. The number of nitro benzene ring substituents is 1. The summed E-state index contributed by atoms with van der Waals surface area (Å²) >= 11 is 2.25. The van der Waals surface area contributed by atoms with E-state index in [0.717, 1.165) is 20.6 Å². The Hall–Kier alpha value is -2.62. The van der Waals surface area contributed by atoms with Gasteiger partial charge in [-0.05, 0) is 66.8 Å². The molecule has 1 heterocycles. The number of halogens is 1. The number of nitrogens with zero attached hydrogens (tertiary/aromatic N) is 5. The molecule has 0 radical (unpaired) electrons. The van der Waals surface area contributed by atoms with Crippen molar-refractivity contribution in [3.05, 3.63) is 73.6 Å². The van der Waals surface area contributed by atoms with Gasteiger partial charge in [-0.25, -0.2) is 4.68 Å². The van der Waals surface area contributed by atoms with Crippen LogP contribution < -0.4 is 0 Å². The standard InChI is InChI=1S/C17H14IN5O2/c1-11-17(20-19-14-4-3-5-16(10-14)23(24)25)12(2)22(21-11)15-8-6-13(18)7-9-15/h3-10H,1-2H3. The largest absolute Gasteiger partial charge is 0.271 e. The predicted octanol–water partition coefficient (Wildman–Crippen LogP) is 5.42. The molecule has 3 aromatic rings. The van der Waals surface area contributed by atoms with E-state index in [1.54, 1.807) is 12.1 Å². The molecule has 3 rings (SSSR count). The zero-order valence-corrected chi connectivity index (χ0v) is 15.7. The van der Waals surface area contributed by atoms with Crippen molar-refractivity contribution in [2.24, 2.45) is 10.2 Å². The van der Waals surface area contributed by atoms with Crippen molar-refractivity contribution in [3.8, 4) is 5.69 Å². The summed E-state index contributed by atoms with van der Waals surface area (Å²) in [6.07, 6.45) is 0. The first kappa shape index (κ1) is 17.2. The number of azo groups is 1. The fraction of sp³-hybridized carbons (Fsp3) is 0.118. The number of hydrogen-bond donors (Lipinski definition) is 0. The lowest BCUT2D eigenvalue weighted by molar-refractivity contribution is -0.384. The van der Waals surface area contributed by atoms with Crippen molar-refractivity contribution in [1.82, 2.24) is 9.78 Å². The minimum absolute atomic E-state index is 0.0144.